The summed E-state index contributed by atoms with van der Waals surface area (Å²) >= 11 is 0. The SMILES string of the molecule is Cc1ccc(-c2nc(S(=O)(=O)c3ccc(C)cc3)c(NCc3ccc(F)cc3)o2)cc1. The standard InChI is InChI=1S/C24H21FN2O3S/c1-16-3-9-19(10-4-16)22-27-24(31(28,29)21-13-5-17(2)6-14-21)23(30-22)26-15-18-7-11-20(25)12-8-18/h3-14,26H,15H2,1-2H3. The molecule has 0 saturated heterocycles. The van der Waals surface area contributed by atoms with Crippen LogP contribution >= 0.6 is 0 Å². The van der Waals surface area contributed by atoms with Gasteiger partial charge in [-0.15, -0.1) is 0 Å². The molecule has 3 aromatic carbocycles. The Kier molecular flexibility index (Phi) is 5.61. The van der Waals surface area contributed by atoms with E-state index in [0.29, 0.717) is 5.56 Å². The Bertz CT molecular complexity index is 1290. The van der Waals surface area contributed by atoms with E-state index in [-0.39, 0.29) is 34.1 Å². The van der Waals surface area contributed by atoms with Crippen molar-refractivity contribution in [2.24, 2.45) is 0 Å². The van der Waals surface area contributed by atoms with Gasteiger partial charge in [-0.25, -0.2) is 12.8 Å². The second-order valence-corrected chi connectivity index (χ2v) is 9.18. The number of hydrogen-bond donors (Lipinski definition) is 1. The summed E-state index contributed by atoms with van der Waals surface area (Å²) in [6, 6.07) is 20.0. The van der Waals surface area contributed by atoms with Gasteiger partial charge in [0.15, 0.2) is 0 Å². The number of halogens is 1. The topological polar surface area (TPSA) is 72.2 Å². The number of sulfone groups is 1. The Morgan fingerprint density at radius 3 is 2.06 bits per heavy atom. The van der Waals surface area contributed by atoms with Crippen molar-refractivity contribution in [3.8, 4) is 11.5 Å². The first kappa shape index (κ1) is 20.8. The summed E-state index contributed by atoms with van der Waals surface area (Å²) in [6.07, 6.45) is 0. The van der Waals surface area contributed by atoms with Gasteiger partial charge in [0.05, 0.1) is 4.90 Å². The van der Waals surface area contributed by atoms with E-state index in [2.05, 4.69) is 10.3 Å². The average Bonchev–Trinajstić information content (AvgIpc) is 3.19. The number of rotatable bonds is 6. The molecule has 0 aliphatic carbocycles. The Morgan fingerprint density at radius 2 is 1.45 bits per heavy atom. The van der Waals surface area contributed by atoms with Crippen molar-refractivity contribution >= 4 is 15.7 Å². The first-order valence-corrected chi connectivity index (χ1v) is 11.2. The minimum Gasteiger partial charge on any atom is -0.419 e. The second-order valence-electron chi connectivity index (χ2n) is 7.32. The van der Waals surface area contributed by atoms with Gasteiger partial charge >= 0.3 is 0 Å². The fourth-order valence-electron chi connectivity index (χ4n) is 3.03. The van der Waals surface area contributed by atoms with E-state index < -0.39 is 9.84 Å². The number of hydrogen-bond acceptors (Lipinski definition) is 5. The Hall–Kier alpha value is -3.45. The molecule has 5 nitrogen and oxygen atoms in total. The van der Waals surface area contributed by atoms with Crippen LogP contribution in [0.3, 0.4) is 0 Å². The van der Waals surface area contributed by atoms with Gasteiger partial charge in [-0.3, -0.25) is 0 Å². The van der Waals surface area contributed by atoms with Crippen LogP contribution in [-0.4, -0.2) is 13.4 Å². The molecule has 1 aromatic heterocycles. The van der Waals surface area contributed by atoms with Crippen molar-refractivity contribution in [1.29, 1.82) is 0 Å². The molecule has 31 heavy (non-hydrogen) atoms. The fraction of sp³-hybridized carbons (Fsp3) is 0.125. The molecule has 0 saturated carbocycles. The van der Waals surface area contributed by atoms with Crippen molar-refractivity contribution in [2.75, 3.05) is 5.32 Å². The first-order valence-electron chi connectivity index (χ1n) is 9.71. The largest absolute Gasteiger partial charge is 0.419 e. The summed E-state index contributed by atoms with van der Waals surface area (Å²) in [5.41, 5.74) is 3.46. The smallest absolute Gasteiger partial charge is 0.234 e. The highest BCUT2D eigenvalue weighted by Crippen LogP contribution is 2.33. The van der Waals surface area contributed by atoms with Crippen LogP contribution in [0.4, 0.5) is 10.3 Å². The quantitative estimate of drug-likeness (QED) is 0.429. The van der Waals surface area contributed by atoms with E-state index >= 15 is 0 Å². The summed E-state index contributed by atoms with van der Waals surface area (Å²) in [5.74, 6) is -0.0968. The van der Waals surface area contributed by atoms with Crippen LogP contribution in [-0.2, 0) is 16.4 Å². The lowest BCUT2D eigenvalue weighted by atomic mass is 10.1. The molecular weight excluding hydrogens is 415 g/mol. The number of benzene rings is 3. The highest BCUT2D eigenvalue weighted by molar-refractivity contribution is 7.91. The zero-order valence-electron chi connectivity index (χ0n) is 17.1. The Balaban J connectivity index is 1.74. The van der Waals surface area contributed by atoms with Crippen LogP contribution in [0.1, 0.15) is 16.7 Å². The maximum absolute atomic E-state index is 13.3. The minimum absolute atomic E-state index is 0.0421. The lowest BCUT2D eigenvalue weighted by Gasteiger charge is -2.07. The van der Waals surface area contributed by atoms with Crippen molar-refractivity contribution in [1.82, 2.24) is 4.98 Å². The predicted molar refractivity (Wildman–Crippen MR) is 117 cm³/mol. The molecule has 0 radical (unpaired) electrons. The summed E-state index contributed by atoms with van der Waals surface area (Å²) in [5, 5.41) is 2.82. The fourth-order valence-corrected chi connectivity index (χ4v) is 4.31. The molecule has 4 aromatic rings. The molecule has 1 N–H and O–H groups in total. The van der Waals surface area contributed by atoms with Crippen LogP contribution in [0.5, 0.6) is 0 Å². The van der Waals surface area contributed by atoms with Crippen LogP contribution < -0.4 is 5.32 Å². The van der Waals surface area contributed by atoms with Gasteiger partial charge in [-0.1, -0.05) is 47.5 Å². The molecular formula is C24H21FN2O3S. The van der Waals surface area contributed by atoms with Gasteiger partial charge in [-0.2, -0.15) is 4.98 Å². The molecule has 0 unspecified atom stereocenters. The Labute approximate surface area is 180 Å². The minimum atomic E-state index is -3.92. The second kappa shape index (κ2) is 8.35. The monoisotopic (exact) mass is 436 g/mol. The van der Waals surface area contributed by atoms with E-state index in [9.17, 15) is 12.8 Å². The van der Waals surface area contributed by atoms with Gasteiger partial charge in [-0.05, 0) is 55.8 Å². The van der Waals surface area contributed by atoms with Gasteiger partial charge in [0.25, 0.3) is 0 Å². The number of aryl methyl sites for hydroxylation is 2. The van der Waals surface area contributed by atoms with Crippen molar-refractivity contribution < 1.29 is 17.2 Å². The third kappa shape index (κ3) is 4.51. The summed E-state index contributed by atoms with van der Waals surface area (Å²) < 4.78 is 45.6. The molecule has 4 rings (SSSR count). The zero-order valence-corrected chi connectivity index (χ0v) is 17.9. The van der Waals surface area contributed by atoms with Crippen molar-refractivity contribution in [2.45, 2.75) is 30.3 Å². The average molecular weight is 437 g/mol. The van der Waals surface area contributed by atoms with Crippen LogP contribution in [0.25, 0.3) is 11.5 Å². The molecule has 0 fully saturated rings. The Morgan fingerprint density at radius 1 is 0.871 bits per heavy atom. The molecule has 0 aliphatic heterocycles. The zero-order chi connectivity index (χ0) is 22.0. The summed E-state index contributed by atoms with van der Waals surface area (Å²) in [6.45, 7) is 4.10. The lowest BCUT2D eigenvalue weighted by Crippen LogP contribution is -2.07. The van der Waals surface area contributed by atoms with Gasteiger partial charge in [0.1, 0.15) is 5.82 Å². The third-order valence-electron chi connectivity index (χ3n) is 4.85. The molecule has 0 bridgehead atoms. The lowest BCUT2D eigenvalue weighted by molar-refractivity contribution is 0.576. The van der Waals surface area contributed by atoms with Crippen molar-refractivity contribution in [3.05, 3.63) is 95.3 Å². The van der Waals surface area contributed by atoms with Gasteiger partial charge in [0, 0.05) is 12.1 Å². The molecule has 0 spiro atoms. The van der Waals surface area contributed by atoms with Gasteiger partial charge in [0.2, 0.25) is 26.6 Å². The van der Waals surface area contributed by atoms with E-state index in [4.69, 9.17) is 4.42 Å². The highest BCUT2D eigenvalue weighted by atomic mass is 32.2. The number of oxazole rings is 1. The van der Waals surface area contributed by atoms with E-state index in [0.717, 1.165) is 16.7 Å². The summed E-state index contributed by atoms with van der Waals surface area (Å²) in [7, 11) is -3.92. The number of nitrogens with zero attached hydrogens (tertiary/aromatic N) is 1. The van der Waals surface area contributed by atoms with Crippen LogP contribution in [0.15, 0.2) is 87.1 Å². The van der Waals surface area contributed by atoms with Crippen molar-refractivity contribution in [3.63, 3.8) is 0 Å². The molecule has 158 valence electrons. The number of nitrogens with one attached hydrogen (secondary N) is 1. The molecule has 0 atom stereocenters. The highest BCUT2D eigenvalue weighted by Gasteiger charge is 2.28. The van der Waals surface area contributed by atoms with E-state index in [1.165, 1.54) is 12.1 Å². The van der Waals surface area contributed by atoms with Crippen LogP contribution in [0.2, 0.25) is 0 Å². The normalized spacial score (nSPS) is 11.5. The summed E-state index contributed by atoms with van der Waals surface area (Å²) in [4.78, 5) is 4.46. The molecule has 1 heterocycles. The van der Waals surface area contributed by atoms with E-state index in [1.807, 2.05) is 38.1 Å². The van der Waals surface area contributed by atoms with Gasteiger partial charge < -0.3 is 9.73 Å². The molecule has 7 heteroatoms. The molecule has 0 aliphatic rings. The molecule has 0 amide bonds. The number of anilines is 1. The first-order chi connectivity index (χ1) is 14.8. The maximum Gasteiger partial charge on any atom is 0.234 e. The third-order valence-corrected chi connectivity index (χ3v) is 6.53. The van der Waals surface area contributed by atoms with Crippen LogP contribution in [0, 0.1) is 19.7 Å². The maximum atomic E-state index is 13.3. The number of aromatic nitrogens is 1. The predicted octanol–water partition coefficient (Wildman–Crippen LogP) is 5.54. The van der Waals surface area contributed by atoms with E-state index in [1.54, 1.807) is 36.4 Å².